The summed E-state index contributed by atoms with van der Waals surface area (Å²) in [6.45, 7) is 0. The van der Waals surface area contributed by atoms with Crippen molar-refractivity contribution in [1.82, 2.24) is 19.5 Å². The second-order valence-electron chi connectivity index (χ2n) is 3.58. The van der Waals surface area contributed by atoms with Gasteiger partial charge in [-0.25, -0.2) is 22.8 Å². The maximum Gasteiger partial charge on any atom is 0.244 e. The standard InChI is InChI=1S/C10H10N6O2S/c1-13-19(17,18)9-2-8(12)5-14-10(9)16-6-7(3-11)4-15-16/h2,4-6,13H,12H2,1H3. The highest BCUT2D eigenvalue weighted by Gasteiger charge is 2.20. The molecule has 2 aromatic rings. The molecule has 0 saturated heterocycles. The quantitative estimate of drug-likeness (QED) is 0.788. The van der Waals surface area contributed by atoms with E-state index in [0.29, 0.717) is 5.56 Å². The topological polar surface area (TPSA) is 127 Å². The summed E-state index contributed by atoms with van der Waals surface area (Å²) in [5.74, 6) is 0.0741. The van der Waals surface area contributed by atoms with Crippen molar-refractivity contribution in [1.29, 1.82) is 5.26 Å². The van der Waals surface area contributed by atoms with Gasteiger partial charge in [0, 0.05) is 0 Å². The molecule has 0 spiro atoms. The molecule has 3 N–H and O–H groups in total. The Morgan fingerprint density at radius 1 is 1.47 bits per heavy atom. The zero-order chi connectivity index (χ0) is 14.0. The van der Waals surface area contributed by atoms with Gasteiger partial charge in [0.15, 0.2) is 5.82 Å². The van der Waals surface area contributed by atoms with E-state index in [1.54, 1.807) is 0 Å². The second kappa shape index (κ2) is 4.68. The monoisotopic (exact) mass is 278 g/mol. The van der Waals surface area contributed by atoms with Crippen LogP contribution in [-0.2, 0) is 10.0 Å². The first kappa shape index (κ1) is 13.0. The summed E-state index contributed by atoms with van der Waals surface area (Å²) in [7, 11) is -2.45. The summed E-state index contributed by atoms with van der Waals surface area (Å²) in [6.07, 6.45) is 4.01. The number of nitrogen functional groups attached to an aromatic ring is 1. The molecule has 0 aliphatic heterocycles. The van der Waals surface area contributed by atoms with Crippen LogP contribution < -0.4 is 10.5 Å². The third-order valence-corrected chi connectivity index (χ3v) is 3.76. The van der Waals surface area contributed by atoms with Gasteiger partial charge in [-0.15, -0.1) is 0 Å². The van der Waals surface area contributed by atoms with Crippen LogP contribution in [0.4, 0.5) is 5.69 Å². The van der Waals surface area contributed by atoms with Crippen LogP contribution in [0.5, 0.6) is 0 Å². The van der Waals surface area contributed by atoms with Crippen LogP contribution in [0.1, 0.15) is 5.56 Å². The summed E-state index contributed by atoms with van der Waals surface area (Å²) in [5.41, 5.74) is 6.06. The van der Waals surface area contributed by atoms with Crippen molar-refractivity contribution < 1.29 is 8.42 Å². The molecule has 98 valence electrons. The minimum atomic E-state index is -3.73. The van der Waals surface area contributed by atoms with Gasteiger partial charge in [0.25, 0.3) is 0 Å². The van der Waals surface area contributed by atoms with Gasteiger partial charge in [-0.3, -0.25) is 0 Å². The summed E-state index contributed by atoms with van der Waals surface area (Å²) < 4.78 is 27.2. The average molecular weight is 278 g/mol. The van der Waals surface area contributed by atoms with E-state index in [4.69, 9.17) is 11.0 Å². The minimum Gasteiger partial charge on any atom is -0.397 e. The van der Waals surface area contributed by atoms with E-state index >= 15 is 0 Å². The smallest absolute Gasteiger partial charge is 0.244 e. The first-order valence-corrected chi connectivity index (χ1v) is 6.60. The molecule has 9 heteroatoms. The summed E-state index contributed by atoms with van der Waals surface area (Å²) in [5, 5.41) is 12.6. The number of aromatic nitrogens is 3. The largest absolute Gasteiger partial charge is 0.397 e. The van der Waals surface area contributed by atoms with Crippen molar-refractivity contribution in [2.45, 2.75) is 4.90 Å². The van der Waals surface area contributed by atoms with Crippen LogP contribution in [0, 0.1) is 11.3 Å². The van der Waals surface area contributed by atoms with Gasteiger partial charge < -0.3 is 5.73 Å². The van der Waals surface area contributed by atoms with Gasteiger partial charge in [-0.1, -0.05) is 0 Å². The van der Waals surface area contributed by atoms with E-state index in [9.17, 15) is 8.42 Å². The van der Waals surface area contributed by atoms with Crippen LogP contribution in [0.3, 0.4) is 0 Å². The molecule has 0 saturated carbocycles. The molecule has 0 bridgehead atoms. The Bertz CT molecular complexity index is 759. The number of hydrogen-bond donors (Lipinski definition) is 2. The van der Waals surface area contributed by atoms with Gasteiger partial charge in [0.2, 0.25) is 10.0 Å². The van der Waals surface area contributed by atoms with Crippen LogP contribution >= 0.6 is 0 Å². The summed E-state index contributed by atoms with van der Waals surface area (Å²) >= 11 is 0. The van der Waals surface area contributed by atoms with E-state index < -0.39 is 10.0 Å². The molecule has 0 aromatic carbocycles. The molecule has 0 aliphatic rings. The number of nitrogens with two attached hydrogens (primary N) is 1. The van der Waals surface area contributed by atoms with Crippen molar-refractivity contribution in [3.8, 4) is 11.9 Å². The van der Waals surface area contributed by atoms with Crippen LogP contribution in [0.2, 0.25) is 0 Å². The molecular weight excluding hydrogens is 268 g/mol. The first-order valence-electron chi connectivity index (χ1n) is 5.12. The molecule has 2 aromatic heterocycles. The minimum absolute atomic E-state index is 0.0741. The molecule has 0 atom stereocenters. The zero-order valence-electron chi connectivity index (χ0n) is 9.90. The lowest BCUT2D eigenvalue weighted by atomic mass is 10.4. The number of nitrogens with one attached hydrogen (secondary N) is 1. The number of rotatable bonds is 3. The number of nitriles is 1. The van der Waals surface area contributed by atoms with Crippen LogP contribution in [-0.4, -0.2) is 30.2 Å². The molecule has 8 nitrogen and oxygen atoms in total. The lowest BCUT2D eigenvalue weighted by Gasteiger charge is -2.09. The molecule has 0 radical (unpaired) electrons. The normalized spacial score (nSPS) is 11.2. The number of hydrogen-bond acceptors (Lipinski definition) is 6. The molecule has 2 heterocycles. The van der Waals surface area contributed by atoms with Crippen molar-refractivity contribution in [2.75, 3.05) is 12.8 Å². The van der Waals surface area contributed by atoms with Crippen molar-refractivity contribution >= 4 is 15.7 Å². The third-order valence-electron chi connectivity index (χ3n) is 2.34. The number of pyridine rings is 1. The molecule has 2 rings (SSSR count). The number of sulfonamides is 1. The fourth-order valence-corrected chi connectivity index (χ4v) is 2.33. The highest BCUT2D eigenvalue weighted by molar-refractivity contribution is 7.89. The Hall–Kier alpha value is -2.44. The maximum absolute atomic E-state index is 11.9. The second-order valence-corrected chi connectivity index (χ2v) is 5.44. The fraction of sp³-hybridized carbons (Fsp3) is 0.100. The Balaban J connectivity index is 2.68. The Kier molecular flexibility index (Phi) is 3.20. The predicted octanol–water partition coefficient (Wildman–Crippen LogP) is -0.371. The highest BCUT2D eigenvalue weighted by Crippen LogP contribution is 2.19. The van der Waals surface area contributed by atoms with Gasteiger partial charge in [0.1, 0.15) is 11.0 Å². The van der Waals surface area contributed by atoms with Gasteiger partial charge in [-0.05, 0) is 13.1 Å². The Labute approximate surface area is 109 Å². The van der Waals surface area contributed by atoms with E-state index in [1.165, 1.54) is 36.4 Å². The van der Waals surface area contributed by atoms with E-state index in [2.05, 4.69) is 14.8 Å². The molecular formula is C10H10N6O2S. The average Bonchev–Trinajstić information content (AvgIpc) is 2.87. The van der Waals surface area contributed by atoms with Gasteiger partial charge in [0.05, 0.1) is 29.8 Å². The van der Waals surface area contributed by atoms with Crippen LogP contribution in [0.25, 0.3) is 5.82 Å². The van der Waals surface area contributed by atoms with Gasteiger partial charge in [-0.2, -0.15) is 10.4 Å². The molecule has 0 amide bonds. The number of nitrogens with zero attached hydrogens (tertiary/aromatic N) is 4. The number of anilines is 1. The first-order chi connectivity index (χ1) is 8.97. The lowest BCUT2D eigenvalue weighted by Crippen LogP contribution is -2.21. The zero-order valence-corrected chi connectivity index (χ0v) is 10.7. The Morgan fingerprint density at radius 3 is 2.79 bits per heavy atom. The molecule has 0 fully saturated rings. The van der Waals surface area contributed by atoms with Gasteiger partial charge >= 0.3 is 0 Å². The van der Waals surface area contributed by atoms with E-state index in [0.717, 1.165) is 0 Å². The maximum atomic E-state index is 11.9. The highest BCUT2D eigenvalue weighted by atomic mass is 32.2. The third kappa shape index (κ3) is 2.40. The predicted molar refractivity (Wildman–Crippen MR) is 66.7 cm³/mol. The molecule has 0 aliphatic carbocycles. The lowest BCUT2D eigenvalue weighted by molar-refractivity contribution is 0.586. The van der Waals surface area contributed by atoms with Crippen LogP contribution in [0.15, 0.2) is 29.6 Å². The SMILES string of the molecule is CNS(=O)(=O)c1cc(N)cnc1-n1cc(C#N)cn1. The van der Waals surface area contributed by atoms with E-state index in [1.807, 2.05) is 6.07 Å². The van der Waals surface area contributed by atoms with E-state index in [-0.39, 0.29) is 16.4 Å². The molecule has 19 heavy (non-hydrogen) atoms. The molecule has 0 unspecified atom stereocenters. The Morgan fingerprint density at radius 2 is 2.21 bits per heavy atom. The fourth-order valence-electron chi connectivity index (χ4n) is 1.43. The van der Waals surface area contributed by atoms with Crippen molar-refractivity contribution in [3.63, 3.8) is 0 Å². The van der Waals surface area contributed by atoms with Crippen molar-refractivity contribution in [2.24, 2.45) is 0 Å². The summed E-state index contributed by atoms with van der Waals surface area (Å²) in [4.78, 5) is 3.85. The summed E-state index contributed by atoms with van der Waals surface area (Å²) in [6, 6.07) is 3.18. The van der Waals surface area contributed by atoms with Crippen molar-refractivity contribution in [3.05, 3.63) is 30.2 Å².